The average Bonchev–Trinajstić information content (AvgIpc) is 3.24. The molecule has 146 valence electrons. The molecule has 4 aromatic rings. The Morgan fingerprint density at radius 2 is 1.97 bits per heavy atom. The standard InChI is InChI=1S/C24H24N4S/c1-16-14-23(27-29-18-9-10-20-17(15-18)11-12-24(20,2)3)28(26-16)22-8-4-7-21-19(22)6-5-13-25-21/h4-10,13-15,27H,11-12H2,1-3H3. The molecule has 0 fully saturated rings. The molecule has 4 nitrogen and oxygen atoms in total. The van der Waals surface area contributed by atoms with Crippen LogP contribution in [0, 0.1) is 6.92 Å². The van der Waals surface area contributed by atoms with Crippen LogP contribution in [0.3, 0.4) is 0 Å². The van der Waals surface area contributed by atoms with Crippen molar-refractivity contribution in [2.75, 3.05) is 4.72 Å². The van der Waals surface area contributed by atoms with Crippen LogP contribution in [0.15, 0.2) is 65.7 Å². The topological polar surface area (TPSA) is 42.7 Å². The summed E-state index contributed by atoms with van der Waals surface area (Å²) in [6.45, 7) is 6.70. The molecule has 5 heteroatoms. The Morgan fingerprint density at radius 1 is 1.07 bits per heavy atom. The number of benzene rings is 2. The van der Waals surface area contributed by atoms with Crippen LogP contribution in [0.1, 0.15) is 37.1 Å². The number of aromatic nitrogens is 3. The van der Waals surface area contributed by atoms with Crippen molar-refractivity contribution in [1.29, 1.82) is 0 Å². The first-order valence-corrected chi connectivity index (χ1v) is 10.8. The van der Waals surface area contributed by atoms with E-state index in [0.29, 0.717) is 5.41 Å². The van der Waals surface area contributed by atoms with Gasteiger partial charge in [-0.05, 0) is 84.7 Å². The molecule has 0 amide bonds. The summed E-state index contributed by atoms with van der Waals surface area (Å²) in [5.41, 5.74) is 6.24. The van der Waals surface area contributed by atoms with Gasteiger partial charge < -0.3 is 4.72 Å². The Morgan fingerprint density at radius 3 is 2.86 bits per heavy atom. The zero-order chi connectivity index (χ0) is 20.0. The lowest BCUT2D eigenvalue weighted by atomic mass is 9.87. The zero-order valence-electron chi connectivity index (χ0n) is 16.9. The molecule has 0 unspecified atom stereocenters. The van der Waals surface area contributed by atoms with Crippen LogP contribution in [-0.4, -0.2) is 14.8 Å². The first-order valence-electron chi connectivity index (χ1n) is 9.98. The molecule has 0 radical (unpaired) electrons. The second-order valence-corrected chi connectivity index (χ2v) is 9.22. The fourth-order valence-electron chi connectivity index (χ4n) is 4.22. The van der Waals surface area contributed by atoms with E-state index in [-0.39, 0.29) is 0 Å². The second kappa shape index (κ2) is 6.92. The number of hydrogen-bond acceptors (Lipinski definition) is 4. The van der Waals surface area contributed by atoms with E-state index < -0.39 is 0 Å². The predicted octanol–water partition coefficient (Wildman–Crippen LogP) is 6.07. The van der Waals surface area contributed by atoms with Crippen molar-refractivity contribution in [1.82, 2.24) is 14.8 Å². The van der Waals surface area contributed by atoms with Gasteiger partial charge in [0.05, 0.1) is 16.9 Å². The van der Waals surface area contributed by atoms with E-state index in [1.165, 1.54) is 22.4 Å². The fraction of sp³-hybridized carbons (Fsp3) is 0.250. The number of nitrogens with one attached hydrogen (secondary N) is 1. The van der Waals surface area contributed by atoms with Crippen molar-refractivity contribution < 1.29 is 0 Å². The van der Waals surface area contributed by atoms with Gasteiger partial charge in [0.25, 0.3) is 0 Å². The molecule has 29 heavy (non-hydrogen) atoms. The molecule has 0 aliphatic heterocycles. The monoisotopic (exact) mass is 400 g/mol. The molecule has 5 rings (SSSR count). The normalized spacial score (nSPS) is 14.9. The van der Waals surface area contributed by atoms with Crippen LogP contribution in [-0.2, 0) is 11.8 Å². The summed E-state index contributed by atoms with van der Waals surface area (Å²) in [4.78, 5) is 5.70. The van der Waals surface area contributed by atoms with Crippen LogP contribution in [0.2, 0.25) is 0 Å². The molecule has 1 N–H and O–H groups in total. The van der Waals surface area contributed by atoms with Crippen molar-refractivity contribution in [2.45, 2.75) is 43.9 Å². The third-order valence-electron chi connectivity index (χ3n) is 5.78. The molecule has 1 aliphatic carbocycles. The van der Waals surface area contributed by atoms with Crippen LogP contribution in [0.4, 0.5) is 5.82 Å². The minimum atomic E-state index is 0.296. The number of aryl methyl sites for hydroxylation is 2. The molecule has 2 heterocycles. The first kappa shape index (κ1) is 18.3. The van der Waals surface area contributed by atoms with Crippen LogP contribution < -0.4 is 4.72 Å². The fourth-order valence-corrected chi connectivity index (χ4v) is 4.93. The Kier molecular flexibility index (Phi) is 4.36. The first-order chi connectivity index (χ1) is 14.0. The van der Waals surface area contributed by atoms with E-state index in [2.05, 4.69) is 60.0 Å². The minimum absolute atomic E-state index is 0.296. The molecular formula is C24H24N4S. The highest BCUT2D eigenvalue weighted by Gasteiger charge is 2.29. The quantitative estimate of drug-likeness (QED) is 0.422. The number of pyridine rings is 1. The molecule has 0 spiro atoms. The Hall–Kier alpha value is -2.79. The molecule has 1 aliphatic rings. The maximum absolute atomic E-state index is 4.73. The van der Waals surface area contributed by atoms with Crippen molar-refractivity contribution in [3.05, 3.63) is 77.6 Å². The summed E-state index contributed by atoms with van der Waals surface area (Å²) >= 11 is 1.64. The van der Waals surface area contributed by atoms with Gasteiger partial charge in [-0.3, -0.25) is 4.98 Å². The summed E-state index contributed by atoms with van der Waals surface area (Å²) in [5, 5.41) is 5.82. The number of fused-ring (bicyclic) bond motifs is 2. The molecule has 0 atom stereocenters. The molecule has 2 aromatic heterocycles. The maximum Gasteiger partial charge on any atom is 0.140 e. The number of anilines is 1. The highest BCUT2D eigenvalue weighted by atomic mass is 32.2. The van der Waals surface area contributed by atoms with Crippen molar-refractivity contribution >= 4 is 28.7 Å². The van der Waals surface area contributed by atoms with Crippen LogP contribution in [0.5, 0.6) is 0 Å². The Balaban J connectivity index is 1.45. The van der Waals surface area contributed by atoms with Crippen molar-refractivity contribution in [3.63, 3.8) is 0 Å². The lowest BCUT2D eigenvalue weighted by molar-refractivity contribution is 0.522. The van der Waals surface area contributed by atoms with Gasteiger partial charge in [0.1, 0.15) is 5.82 Å². The molecular weight excluding hydrogens is 376 g/mol. The second-order valence-electron chi connectivity index (χ2n) is 8.34. The van der Waals surface area contributed by atoms with Gasteiger partial charge in [-0.15, -0.1) is 0 Å². The van der Waals surface area contributed by atoms with Gasteiger partial charge in [0.15, 0.2) is 0 Å². The van der Waals surface area contributed by atoms with Gasteiger partial charge in [-0.25, -0.2) is 4.68 Å². The Labute approximate surface area is 175 Å². The molecule has 2 aromatic carbocycles. The molecule has 0 bridgehead atoms. The predicted molar refractivity (Wildman–Crippen MR) is 121 cm³/mol. The van der Waals surface area contributed by atoms with Gasteiger partial charge in [-0.2, -0.15) is 5.10 Å². The largest absolute Gasteiger partial charge is 0.310 e. The minimum Gasteiger partial charge on any atom is -0.310 e. The van der Waals surface area contributed by atoms with E-state index in [0.717, 1.165) is 34.5 Å². The summed E-state index contributed by atoms with van der Waals surface area (Å²) in [6.07, 6.45) is 4.21. The summed E-state index contributed by atoms with van der Waals surface area (Å²) in [7, 11) is 0. The lowest BCUT2D eigenvalue weighted by Crippen LogP contribution is -2.11. The summed E-state index contributed by atoms with van der Waals surface area (Å²) in [6, 6.07) is 19.1. The maximum atomic E-state index is 4.73. The van der Waals surface area contributed by atoms with E-state index in [1.54, 1.807) is 11.9 Å². The Bertz CT molecular complexity index is 1200. The third kappa shape index (κ3) is 3.29. The zero-order valence-corrected chi connectivity index (χ0v) is 17.8. The van der Waals surface area contributed by atoms with Gasteiger partial charge in [0.2, 0.25) is 0 Å². The van der Waals surface area contributed by atoms with Gasteiger partial charge in [0, 0.05) is 22.5 Å². The number of rotatable bonds is 4. The van der Waals surface area contributed by atoms with Gasteiger partial charge >= 0.3 is 0 Å². The molecule has 0 saturated heterocycles. The molecule has 0 saturated carbocycles. The highest BCUT2D eigenvalue weighted by Crippen LogP contribution is 2.40. The number of hydrogen-bond donors (Lipinski definition) is 1. The summed E-state index contributed by atoms with van der Waals surface area (Å²) < 4.78 is 5.50. The smallest absolute Gasteiger partial charge is 0.140 e. The number of nitrogens with zero attached hydrogens (tertiary/aromatic N) is 3. The lowest BCUT2D eigenvalue weighted by Gasteiger charge is -2.19. The van der Waals surface area contributed by atoms with Crippen molar-refractivity contribution in [2.24, 2.45) is 0 Å². The van der Waals surface area contributed by atoms with Crippen LogP contribution >= 0.6 is 11.9 Å². The van der Waals surface area contributed by atoms with Crippen molar-refractivity contribution in [3.8, 4) is 5.69 Å². The summed E-state index contributed by atoms with van der Waals surface area (Å²) in [5.74, 6) is 0.963. The van der Waals surface area contributed by atoms with E-state index >= 15 is 0 Å². The highest BCUT2D eigenvalue weighted by molar-refractivity contribution is 8.00. The van der Waals surface area contributed by atoms with E-state index in [9.17, 15) is 0 Å². The third-order valence-corrected chi connectivity index (χ3v) is 6.58. The van der Waals surface area contributed by atoms with E-state index in [4.69, 9.17) is 5.10 Å². The van der Waals surface area contributed by atoms with E-state index in [1.807, 2.05) is 36.0 Å². The SMILES string of the molecule is Cc1cc(NSc2ccc3c(c2)CCC3(C)C)n(-c2cccc3ncccc23)n1. The van der Waals surface area contributed by atoms with Gasteiger partial charge in [-0.1, -0.05) is 26.0 Å². The average molecular weight is 401 g/mol. The van der Waals surface area contributed by atoms with Crippen LogP contribution in [0.25, 0.3) is 16.6 Å².